The molecular formula is C18H22ClFN4O2S. The van der Waals surface area contributed by atoms with E-state index in [0.717, 1.165) is 12.4 Å². The second-order valence-electron chi connectivity index (χ2n) is 6.19. The number of benzene rings is 1. The van der Waals surface area contributed by atoms with E-state index in [9.17, 15) is 14.0 Å². The van der Waals surface area contributed by atoms with E-state index in [-0.39, 0.29) is 41.5 Å². The van der Waals surface area contributed by atoms with Crippen LogP contribution < -0.4 is 5.32 Å². The van der Waals surface area contributed by atoms with Gasteiger partial charge in [-0.1, -0.05) is 0 Å². The molecule has 0 bridgehead atoms. The number of aryl methyl sites for hydroxylation is 1. The summed E-state index contributed by atoms with van der Waals surface area (Å²) in [5.41, 5.74) is 0.0672. The molecule has 9 heteroatoms. The van der Waals surface area contributed by atoms with Crippen molar-refractivity contribution in [3.63, 3.8) is 0 Å². The second-order valence-corrected chi connectivity index (χ2v) is 7.24. The summed E-state index contributed by atoms with van der Waals surface area (Å²) in [5, 5.41) is 3.30. The van der Waals surface area contributed by atoms with Gasteiger partial charge < -0.3 is 14.8 Å². The molecular weight excluding hydrogens is 391 g/mol. The van der Waals surface area contributed by atoms with Gasteiger partial charge in [0.1, 0.15) is 17.7 Å². The van der Waals surface area contributed by atoms with Gasteiger partial charge in [-0.25, -0.2) is 9.37 Å². The van der Waals surface area contributed by atoms with E-state index >= 15 is 0 Å². The lowest BCUT2D eigenvalue weighted by atomic mass is 10.1. The third-order valence-electron chi connectivity index (χ3n) is 4.40. The molecule has 2 heterocycles. The molecule has 0 aliphatic carbocycles. The lowest BCUT2D eigenvalue weighted by Gasteiger charge is -2.35. The summed E-state index contributed by atoms with van der Waals surface area (Å²) < 4.78 is 15.8. The Morgan fingerprint density at radius 1 is 1.41 bits per heavy atom. The minimum absolute atomic E-state index is 0. The first-order chi connectivity index (χ1) is 12.5. The number of thioether (sulfide) groups is 1. The number of carbonyl (C=O) groups is 2. The number of nitrogens with zero attached hydrogens (tertiary/aromatic N) is 3. The topological polar surface area (TPSA) is 67.2 Å². The van der Waals surface area contributed by atoms with Crippen LogP contribution in [0.1, 0.15) is 29.1 Å². The van der Waals surface area contributed by atoms with Gasteiger partial charge in [0.25, 0.3) is 0 Å². The van der Waals surface area contributed by atoms with Crippen LogP contribution in [0.25, 0.3) is 0 Å². The summed E-state index contributed by atoms with van der Waals surface area (Å²) in [6.45, 7) is 3.33. The van der Waals surface area contributed by atoms with Crippen LogP contribution in [0.3, 0.4) is 0 Å². The lowest BCUT2D eigenvalue weighted by Crippen LogP contribution is -2.50. The minimum Gasteiger partial charge on any atom is -0.336 e. The number of nitrogens with one attached hydrogen (secondary N) is 1. The molecule has 0 radical (unpaired) electrons. The van der Waals surface area contributed by atoms with Crippen LogP contribution in [0.4, 0.5) is 4.39 Å². The summed E-state index contributed by atoms with van der Waals surface area (Å²) in [5.74, 6) is 0.171. The van der Waals surface area contributed by atoms with Gasteiger partial charge in [0.15, 0.2) is 5.78 Å². The predicted octanol–water partition coefficient (Wildman–Crippen LogP) is 2.45. The fourth-order valence-electron chi connectivity index (χ4n) is 3.03. The number of piperazine rings is 1. The SMILES string of the molecule is CC(=O)c1ccc(SCC(=O)N2CCNCC2c2nccn2C)cc1F.Cl. The van der Waals surface area contributed by atoms with Crippen molar-refractivity contribution in [3.05, 3.63) is 47.8 Å². The third-order valence-corrected chi connectivity index (χ3v) is 5.38. The lowest BCUT2D eigenvalue weighted by molar-refractivity contribution is -0.131. The molecule has 0 spiro atoms. The average Bonchev–Trinajstić information content (AvgIpc) is 3.05. The Kier molecular flexibility index (Phi) is 7.41. The Morgan fingerprint density at radius 2 is 2.19 bits per heavy atom. The van der Waals surface area contributed by atoms with Crippen molar-refractivity contribution < 1.29 is 14.0 Å². The summed E-state index contributed by atoms with van der Waals surface area (Å²) in [4.78, 5) is 30.9. The first-order valence-corrected chi connectivity index (χ1v) is 9.36. The number of imidazole rings is 1. The Balaban J connectivity index is 0.00000261. The van der Waals surface area contributed by atoms with E-state index in [1.165, 1.54) is 30.8 Å². The number of rotatable bonds is 5. The van der Waals surface area contributed by atoms with Gasteiger partial charge in [-0.3, -0.25) is 9.59 Å². The van der Waals surface area contributed by atoms with E-state index < -0.39 is 5.82 Å². The standard InChI is InChI=1S/C18H21FN4O2S.ClH/c1-12(24)14-4-3-13(9-15(14)19)26-11-17(25)23-8-5-20-10-16(23)18-21-6-7-22(18)2;/h3-4,6-7,9,16,20H,5,8,10-11H2,1-2H3;1H. The molecule has 1 aromatic carbocycles. The van der Waals surface area contributed by atoms with Crippen LogP contribution >= 0.6 is 24.2 Å². The monoisotopic (exact) mass is 412 g/mol. The minimum atomic E-state index is -0.553. The van der Waals surface area contributed by atoms with Gasteiger partial charge in [-0.05, 0) is 25.1 Å². The van der Waals surface area contributed by atoms with Crippen molar-refractivity contribution in [1.82, 2.24) is 19.8 Å². The zero-order valence-electron chi connectivity index (χ0n) is 15.1. The molecule has 1 saturated heterocycles. The van der Waals surface area contributed by atoms with E-state index in [2.05, 4.69) is 10.3 Å². The molecule has 1 fully saturated rings. The van der Waals surface area contributed by atoms with Gasteiger partial charge in [-0.2, -0.15) is 0 Å². The van der Waals surface area contributed by atoms with E-state index in [0.29, 0.717) is 18.0 Å². The highest BCUT2D eigenvalue weighted by atomic mass is 35.5. The Bertz CT molecular complexity index is 829. The quantitative estimate of drug-likeness (QED) is 0.603. The van der Waals surface area contributed by atoms with Crippen LogP contribution in [-0.4, -0.2) is 51.5 Å². The maximum atomic E-state index is 13.9. The molecule has 2 aromatic rings. The maximum absolute atomic E-state index is 13.9. The fraction of sp³-hybridized carbons (Fsp3) is 0.389. The van der Waals surface area contributed by atoms with Gasteiger partial charge in [-0.15, -0.1) is 24.2 Å². The zero-order valence-corrected chi connectivity index (χ0v) is 16.8. The number of ketones is 1. The molecule has 3 rings (SSSR count). The van der Waals surface area contributed by atoms with Crippen molar-refractivity contribution in [2.45, 2.75) is 17.9 Å². The molecule has 1 aliphatic rings. The Morgan fingerprint density at radius 3 is 2.81 bits per heavy atom. The molecule has 1 aliphatic heterocycles. The van der Waals surface area contributed by atoms with E-state index in [1.807, 2.05) is 22.7 Å². The van der Waals surface area contributed by atoms with Gasteiger partial charge in [0, 0.05) is 44.0 Å². The summed E-state index contributed by atoms with van der Waals surface area (Å²) in [6, 6.07) is 4.33. The average molecular weight is 413 g/mol. The highest BCUT2D eigenvalue weighted by Gasteiger charge is 2.30. The highest BCUT2D eigenvalue weighted by Crippen LogP contribution is 2.25. The Labute approximate surface area is 167 Å². The molecule has 146 valence electrons. The van der Waals surface area contributed by atoms with Crippen LogP contribution in [0.15, 0.2) is 35.5 Å². The summed E-state index contributed by atoms with van der Waals surface area (Å²) in [6.07, 6.45) is 3.58. The number of halogens is 2. The first-order valence-electron chi connectivity index (χ1n) is 8.38. The van der Waals surface area contributed by atoms with Crippen molar-refractivity contribution in [1.29, 1.82) is 0 Å². The largest absolute Gasteiger partial charge is 0.336 e. The van der Waals surface area contributed by atoms with Crippen LogP contribution in [0, 0.1) is 5.82 Å². The molecule has 1 N–H and O–H groups in total. The fourth-order valence-corrected chi connectivity index (χ4v) is 3.84. The van der Waals surface area contributed by atoms with E-state index in [4.69, 9.17) is 0 Å². The van der Waals surface area contributed by atoms with E-state index in [1.54, 1.807) is 12.3 Å². The predicted molar refractivity (Wildman–Crippen MR) is 105 cm³/mol. The zero-order chi connectivity index (χ0) is 18.7. The first kappa shape index (κ1) is 21.4. The van der Waals surface area contributed by atoms with Crippen LogP contribution in [-0.2, 0) is 11.8 Å². The van der Waals surface area contributed by atoms with Gasteiger partial charge in [0.2, 0.25) is 5.91 Å². The van der Waals surface area contributed by atoms with Gasteiger partial charge in [0.05, 0.1) is 11.3 Å². The number of carbonyl (C=O) groups excluding carboxylic acids is 2. The van der Waals surface area contributed by atoms with Crippen molar-refractivity contribution >= 4 is 35.9 Å². The number of hydrogen-bond donors (Lipinski definition) is 1. The van der Waals surface area contributed by atoms with Crippen LogP contribution in [0.2, 0.25) is 0 Å². The third kappa shape index (κ3) is 4.88. The molecule has 1 atom stereocenters. The molecule has 27 heavy (non-hydrogen) atoms. The van der Waals surface area contributed by atoms with Crippen molar-refractivity contribution in [2.24, 2.45) is 7.05 Å². The number of amides is 1. The number of Topliss-reactive ketones (excluding diaryl/α,β-unsaturated/α-hetero) is 1. The summed E-state index contributed by atoms with van der Waals surface area (Å²) >= 11 is 1.27. The van der Waals surface area contributed by atoms with Crippen molar-refractivity contribution in [2.75, 3.05) is 25.4 Å². The molecule has 6 nitrogen and oxygen atoms in total. The second kappa shape index (κ2) is 9.34. The molecule has 0 saturated carbocycles. The Hall–Kier alpha value is -1.90. The summed E-state index contributed by atoms with van der Waals surface area (Å²) in [7, 11) is 1.91. The van der Waals surface area contributed by atoms with Crippen LogP contribution in [0.5, 0.6) is 0 Å². The van der Waals surface area contributed by atoms with Crippen molar-refractivity contribution in [3.8, 4) is 0 Å². The molecule has 1 amide bonds. The maximum Gasteiger partial charge on any atom is 0.233 e. The van der Waals surface area contributed by atoms with Gasteiger partial charge >= 0.3 is 0 Å². The molecule has 1 unspecified atom stereocenters. The number of aromatic nitrogens is 2. The smallest absolute Gasteiger partial charge is 0.233 e. The highest BCUT2D eigenvalue weighted by molar-refractivity contribution is 8.00. The molecule has 1 aromatic heterocycles. The number of hydrogen-bond acceptors (Lipinski definition) is 5. The normalized spacial score (nSPS) is 16.7.